The third-order valence-corrected chi connectivity index (χ3v) is 17.6. The predicted octanol–water partition coefficient (Wildman–Crippen LogP) is 20.5. The van der Waals surface area contributed by atoms with Crippen molar-refractivity contribution in [3.05, 3.63) is 253 Å². The molecule has 2 aliphatic carbocycles. The van der Waals surface area contributed by atoms with Gasteiger partial charge < -0.3 is 0 Å². The quantitative estimate of drug-likeness (QED) is 0.155. The SMILES string of the molecule is CC1(C)c2cc(-c3ccc4c(c3)C(C)(C)c3cc(-c5c6cc7ccccc7cc6cc6cc7ccccc7cc56)ccc3-4)ccc2-c2ccc(-c3c4cc5ccccc5cc4cc4cc5ccccc5cc34)cc21. The lowest BCUT2D eigenvalue weighted by Crippen LogP contribution is -2.15. The summed E-state index contributed by atoms with van der Waals surface area (Å²) in [5.41, 5.74) is 18.2. The van der Waals surface area contributed by atoms with Gasteiger partial charge in [0.15, 0.2) is 0 Å². The molecule has 0 N–H and O–H groups in total. The fourth-order valence-corrected chi connectivity index (χ4v) is 13.8. The molecule has 14 aromatic carbocycles. The van der Waals surface area contributed by atoms with Crippen LogP contribution in [0.2, 0.25) is 0 Å². The largest absolute Gasteiger partial charge is 0.0616 e. The van der Waals surface area contributed by atoms with Gasteiger partial charge in [0.05, 0.1) is 0 Å². The van der Waals surface area contributed by atoms with Crippen LogP contribution in [-0.2, 0) is 10.8 Å². The van der Waals surface area contributed by atoms with Gasteiger partial charge in [0.1, 0.15) is 0 Å². The molecule has 0 nitrogen and oxygen atoms in total. The first-order valence-corrected chi connectivity index (χ1v) is 26.3. The van der Waals surface area contributed by atoms with Crippen LogP contribution in [0.4, 0.5) is 0 Å². The highest BCUT2D eigenvalue weighted by atomic mass is 14.4. The van der Waals surface area contributed by atoms with Crippen molar-refractivity contribution in [2.24, 2.45) is 0 Å². The normalized spacial score (nSPS) is 14.2. The van der Waals surface area contributed by atoms with Crippen molar-refractivity contribution in [3.8, 4) is 55.6 Å². The molecule has 0 saturated carbocycles. The third-order valence-electron chi connectivity index (χ3n) is 17.6. The van der Waals surface area contributed by atoms with E-state index in [4.69, 9.17) is 0 Å². The van der Waals surface area contributed by atoms with Crippen molar-refractivity contribution >= 4 is 86.2 Å². The highest BCUT2D eigenvalue weighted by Gasteiger charge is 2.38. The average molecular weight is 939 g/mol. The van der Waals surface area contributed by atoms with E-state index in [0.717, 1.165) is 0 Å². The van der Waals surface area contributed by atoms with Crippen molar-refractivity contribution < 1.29 is 0 Å². The molecular weight excluding hydrogens is 889 g/mol. The summed E-state index contributed by atoms with van der Waals surface area (Å²) in [4.78, 5) is 0. The monoisotopic (exact) mass is 938 g/mol. The molecule has 0 aliphatic heterocycles. The molecule has 0 atom stereocenters. The maximum Gasteiger partial charge on any atom is 0.0159 e. The molecule has 0 heteroatoms. The minimum absolute atomic E-state index is 0.205. The molecule has 14 aromatic rings. The fourth-order valence-electron chi connectivity index (χ4n) is 13.8. The molecule has 16 rings (SSSR count). The Morgan fingerprint density at radius 3 is 0.689 bits per heavy atom. The van der Waals surface area contributed by atoms with Crippen LogP contribution in [-0.4, -0.2) is 0 Å². The Balaban J connectivity index is 0.794. The van der Waals surface area contributed by atoms with Crippen LogP contribution >= 0.6 is 0 Å². The minimum Gasteiger partial charge on any atom is -0.0616 e. The lowest BCUT2D eigenvalue weighted by atomic mass is 9.79. The molecule has 0 spiro atoms. The summed E-state index contributed by atoms with van der Waals surface area (Å²) in [7, 11) is 0. The van der Waals surface area contributed by atoms with Crippen LogP contribution < -0.4 is 0 Å². The van der Waals surface area contributed by atoms with E-state index in [1.54, 1.807) is 0 Å². The Morgan fingerprint density at radius 2 is 0.419 bits per heavy atom. The van der Waals surface area contributed by atoms with Crippen molar-refractivity contribution in [1.82, 2.24) is 0 Å². The summed E-state index contributed by atoms with van der Waals surface area (Å²) in [5, 5.41) is 20.4. The van der Waals surface area contributed by atoms with E-state index in [2.05, 4.69) is 258 Å². The molecule has 0 fully saturated rings. The van der Waals surface area contributed by atoms with E-state index < -0.39 is 0 Å². The van der Waals surface area contributed by atoms with Gasteiger partial charge in [0.2, 0.25) is 0 Å². The van der Waals surface area contributed by atoms with Crippen LogP contribution in [0.3, 0.4) is 0 Å². The molecule has 2 aliphatic rings. The van der Waals surface area contributed by atoms with Crippen LogP contribution in [0.25, 0.3) is 142 Å². The summed E-state index contributed by atoms with van der Waals surface area (Å²) >= 11 is 0. The van der Waals surface area contributed by atoms with Gasteiger partial charge in [-0.05, 0) is 249 Å². The number of benzene rings is 14. The van der Waals surface area contributed by atoms with Gasteiger partial charge in [-0.15, -0.1) is 0 Å². The van der Waals surface area contributed by atoms with E-state index in [-0.39, 0.29) is 10.8 Å². The number of hydrogen-bond acceptors (Lipinski definition) is 0. The summed E-state index contributed by atoms with van der Waals surface area (Å²) in [6, 6.07) is 88.2. The number of rotatable bonds is 3. The lowest BCUT2D eigenvalue weighted by Gasteiger charge is -2.24. The molecular formula is C74H50. The number of fused-ring (bicyclic) bond motifs is 14. The molecule has 74 heavy (non-hydrogen) atoms. The highest BCUT2D eigenvalue weighted by Crippen LogP contribution is 2.54. The molecule has 0 heterocycles. The highest BCUT2D eigenvalue weighted by molar-refractivity contribution is 6.20. The van der Waals surface area contributed by atoms with Crippen molar-refractivity contribution in [3.63, 3.8) is 0 Å². The van der Waals surface area contributed by atoms with Gasteiger partial charge in [-0.1, -0.05) is 173 Å². The Labute approximate surface area is 430 Å². The average Bonchev–Trinajstić information content (AvgIpc) is 3.79. The van der Waals surface area contributed by atoms with Crippen molar-refractivity contribution in [1.29, 1.82) is 0 Å². The van der Waals surface area contributed by atoms with Gasteiger partial charge in [-0.3, -0.25) is 0 Å². The summed E-state index contributed by atoms with van der Waals surface area (Å²) < 4.78 is 0. The fraction of sp³-hybridized carbons (Fsp3) is 0.0811. The van der Waals surface area contributed by atoms with Crippen LogP contribution in [0.15, 0.2) is 231 Å². The first kappa shape index (κ1) is 41.7. The van der Waals surface area contributed by atoms with Crippen LogP contribution in [0, 0.1) is 0 Å². The molecule has 0 amide bonds. The first-order valence-electron chi connectivity index (χ1n) is 26.3. The second-order valence-corrected chi connectivity index (χ2v) is 22.5. The molecule has 0 radical (unpaired) electrons. The second kappa shape index (κ2) is 14.9. The second-order valence-electron chi connectivity index (χ2n) is 22.5. The van der Waals surface area contributed by atoms with Crippen molar-refractivity contribution in [2.45, 2.75) is 38.5 Å². The van der Waals surface area contributed by atoms with E-state index in [9.17, 15) is 0 Å². The van der Waals surface area contributed by atoms with Gasteiger partial charge >= 0.3 is 0 Å². The summed E-state index contributed by atoms with van der Waals surface area (Å²) in [6.07, 6.45) is 0. The van der Waals surface area contributed by atoms with E-state index >= 15 is 0 Å². The lowest BCUT2D eigenvalue weighted by molar-refractivity contribution is 0.660. The zero-order valence-electron chi connectivity index (χ0n) is 41.9. The minimum atomic E-state index is -0.205. The Morgan fingerprint density at radius 1 is 0.203 bits per heavy atom. The molecule has 0 bridgehead atoms. The first-order chi connectivity index (χ1) is 36.1. The molecule has 0 aromatic heterocycles. The molecule has 346 valence electrons. The van der Waals surface area contributed by atoms with E-state index in [0.29, 0.717) is 0 Å². The Hall–Kier alpha value is -8.84. The van der Waals surface area contributed by atoms with Crippen molar-refractivity contribution in [2.75, 3.05) is 0 Å². The zero-order chi connectivity index (χ0) is 49.2. The van der Waals surface area contributed by atoms with E-state index in [1.807, 2.05) is 0 Å². The molecule has 0 unspecified atom stereocenters. The van der Waals surface area contributed by atoms with E-state index in [1.165, 1.54) is 164 Å². The smallest absolute Gasteiger partial charge is 0.0159 e. The topological polar surface area (TPSA) is 0 Å². The third kappa shape index (κ3) is 5.91. The maximum atomic E-state index is 2.52. The Bertz CT molecular complexity index is 4330. The zero-order valence-corrected chi connectivity index (χ0v) is 41.9. The summed E-state index contributed by atoms with van der Waals surface area (Å²) in [6.45, 7) is 9.71. The summed E-state index contributed by atoms with van der Waals surface area (Å²) in [5.74, 6) is 0. The maximum absolute atomic E-state index is 2.52. The van der Waals surface area contributed by atoms with Gasteiger partial charge in [0, 0.05) is 10.8 Å². The van der Waals surface area contributed by atoms with Gasteiger partial charge in [-0.2, -0.15) is 0 Å². The molecule has 0 saturated heterocycles. The Kier molecular flexibility index (Phi) is 8.39. The van der Waals surface area contributed by atoms with Gasteiger partial charge in [-0.25, -0.2) is 0 Å². The van der Waals surface area contributed by atoms with Crippen LogP contribution in [0.5, 0.6) is 0 Å². The predicted molar refractivity (Wildman–Crippen MR) is 318 cm³/mol. The number of hydrogen-bond donors (Lipinski definition) is 0. The standard InChI is InChI=1S/C74H50/c1-73(2)67-39-51(21-25-59(67)61-27-23-53(41-69(61)73)71-63-35-47-17-9-5-13-43(47)29-55(63)33-56-30-44-14-6-10-18-48(44)36-64(56)71)52-22-26-60-62-28-24-54(42-70(62)74(3,4)68(60)40-52)72-65-37-49-19-11-7-15-45(49)31-57(65)34-58-32-46-16-8-12-20-50(46)38-66(58)72/h5-42H,1-4H3. The van der Waals surface area contributed by atoms with Gasteiger partial charge in [0.25, 0.3) is 0 Å². The van der Waals surface area contributed by atoms with Crippen LogP contribution in [0.1, 0.15) is 49.9 Å².